The minimum atomic E-state index is -0.568. The van der Waals surface area contributed by atoms with Crippen molar-refractivity contribution in [3.8, 4) is 5.75 Å². The van der Waals surface area contributed by atoms with Crippen LogP contribution in [0.15, 0.2) is 36.4 Å². The smallest absolute Gasteiger partial charge is 0.409 e. The lowest BCUT2D eigenvalue weighted by atomic mass is 9.85. The van der Waals surface area contributed by atoms with Crippen LogP contribution in [0.25, 0.3) is 0 Å². The number of nitrogens with one attached hydrogen (secondary N) is 2. The van der Waals surface area contributed by atoms with E-state index in [-0.39, 0.29) is 6.03 Å². The van der Waals surface area contributed by atoms with Crippen LogP contribution in [-0.4, -0.2) is 31.8 Å². The maximum Gasteiger partial charge on any atom is 0.409 e. The van der Waals surface area contributed by atoms with Crippen LogP contribution in [-0.2, 0) is 6.42 Å². The second kappa shape index (κ2) is 7.25. The molecule has 2 amide bonds. The molecular weight excluding hydrogens is 340 g/mol. The van der Waals surface area contributed by atoms with Crippen molar-refractivity contribution in [2.75, 3.05) is 29.1 Å². The summed E-state index contributed by atoms with van der Waals surface area (Å²) in [5, 5.41) is 16.0. The minimum absolute atomic E-state index is 0.385. The van der Waals surface area contributed by atoms with Crippen LogP contribution in [0.4, 0.5) is 21.9 Å². The number of carbonyl (C=O) groups is 1. The van der Waals surface area contributed by atoms with E-state index in [0.717, 1.165) is 29.9 Å². The summed E-state index contributed by atoms with van der Waals surface area (Å²) in [5.41, 5.74) is 3.16. The van der Waals surface area contributed by atoms with E-state index in [1.807, 2.05) is 23.0 Å². The van der Waals surface area contributed by atoms with Crippen molar-refractivity contribution >= 4 is 41.7 Å². The van der Waals surface area contributed by atoms with Crippen LogP contribution in [0.5, 0.6) is 5.75 Å². The monoisotopic (exact) mass is 359 g/mol. The maximum atomic E-state index is 12.4. The van der Waals surface area contributed by atoms with Crippen molar-refractivity contribution in [3.63, 3.8) is 0 Å². The molecule has 25 heavy (non-hydrogen) atoms. The topological polar surface area (TPSA) is 73.8 Å². The van der Waals surface area contributed by atoms with Crippen molar-refractivity contribution in [1.29, 1.82) is 0 Å². The highest BCUT2D eigenvalue weighted by atomic mass is 35.5. The van der Waals surface area contributed by atoms with E-state index < -0.39 is 7.05 Å². The fourth-order valence-corrected chi connectivity index (χ4v) is 3.19. The molecule has 0 aliphatic carbocycles. The van der Waals surface area contributed by atoms with E-state index in [9.17, 15) is 9.82 Å². The number of anilines is 3. The van der Waals surface area contributed by atoms with E-state index in [0.29, 0.717) is 16.5 Å². The molecule has 0 aromatic heterocycles. The van der Waals surface area contributed by atoms with Gasteiger partial charge in [-0.15, -0.1) is 0 Å². The Bertz CT molecular complexity index is 801. The molecule has 1 aliphatic rings. The SMILES string of the molecule is COc1ccc(Cl)cc1NC(=O)Nc1cccc2c1CCN2B(C)O. The van der Waals surface area contributed by atoms with Gasteiger partial charge in [-0.3, -0.25) is 0 Å². The van der Waals surface area contributed by atoms with Gasteiger partial charge in [0, 0.05) is 22.9 Å². The van der Waals surface area contributed by atoms with E-state index >= 15 is 0 Å². The van der Waals surface area contributed by atoms with E-state index in [1.54, 1.807) is 25.0 Å². The Kier molecular flexibility index (Phi) is 5.06. The Morgan fingerprint density at radius 2 is 2.04 bits per heavy atom. The summed E-state index contributed by atoms with van der Waals surface area (Å²) in [6.07, 6.45) is 0.761. The van der Waals surface area contributed by atoms with Crippen LogP contribution in [0.3, 0.4) is 0 Å². The number of benzene rings is 2. The molecule has 0 unspecified atom stereocenters. The zero-order valence-corrected chi connectivity index (χ0v) is 14.8. The van der Waals surface area contributed by atoms with E-state index in [1.165, 1.54) is 7.11 Å². The van der Waals surface area contributed by atoms with Gasteiger partial charge >= 0.3 is 13.1 Å². The molecule has 0 fully saturated rings. The van der Waals surface area contributed by atoms with Crippen molar-refractivity contribution in [2.45, 2.75) is 13.2 Å². The van der Waals surface area contributed by atoms with Crippen LogP contribution in [0, 0.1) is 0 Å². The molecule has 6 nitrogen and oxygen atoms in total. The summed E-state index contributed by atoms with van der Waals surface area (Å²) in [4.78, 5) is 14.3. The van der Waals surface area contributed by atoms with Gasteiger partial charge in [0.15, 0.2) is 0 Å². The number of methoxy groups -OCH3 is 1. The lowest BCUT2D eigenvalue weighted by molar-refractivity contribution is 0.262. The molecule has 0 bridgehead atoms. The van der Waals surface area contributed by atoms with Crippen LogP contribution < -0.4 is 20.2 Å². The highest BCUT2D eigenvalue weighted by Gasteiger charge is 2.27. The van der Waals surface area contributed by atoms with Gasteiger partial charge in [0.25, 0.3) is 0 Å². The van der Waals surface area contributed by atoms with Gasteiger partial charge in [-0.25, -0.2) is 4.79 Å². The number of halogens is 1. The first-order valence-corrected chi connectivity index (χ1v) is 8.35. The van der Waals surface area contributed by atoms with E-state index in [2.05, 4.69) is 10.6 Å². The highest BCUT2D eigenvalue weighted by molar-refractivity contribution is 6.54. The number of ether oxygens (including phenoxy) is 1. The fourth-order valence-electron chi connectivity index (χ4n) is 3.02. The summed E-state index contributed by atoms with van der Waals surface area (Å²) in [6, 6.07) is 10.3. The molecule has 2 aromatic carbocycles. The molecule has 1 heterocycles. The lowest BCUT2D eigenvalue weighted by Crippen LogP contribution is -2.35. The Hall–Kier alpha value is -2.38. The Morgan fingerprint density at radius 3 is 2.76 bits per heavy atom. The number of rotatable bonds is 4. The average molecular weight is 360 g/mol. The molecule has 0 radical (unpaired) electrons. The summed E-state index contributed by atoms with van der Waals surface area (Å²) in [6.45, 7) is 2.45. The number of hydrogen-bond donors (Lipinski definition) is 3. The molecule has 2 aromatic rings. The van der Waals surface area contributed by atoms with Crippen LogP contribution >= 0.6 is 11.6 Å². The van der Waals surface area contributed by atoms with Crippen LogP contribution in [0.2, 0.25) is 11.8 Å². The number of fused-ring (bicyclic) bond motifs is 1. The highest BCUT2D eigenvalue weighted by Crippen LogP contribution is 2.34. The molecule has 1 aliphatic heterocycles. The first-order valence-electron chi connectivity index (χ1n) is 7.97. The number of amides is 2. The maximum absolute atomic E-state index is 12.4. The number of carbonyl (C=O) groups excluding carboxylic acids is 1. The molecule has 8 heteroatoms. The first kappa shape index (κ1) is 17.4. The zero-order valence-electron chi connectivity index (χ0n) is 14.0. The Balaban J connectivity index is 1.78. The molecule has 0 atom stereocenters. The normalized spacial score (nSPS) is 12.6. The molecule has 0 saturated heterocycles. The number of hydrogen-bond acceptors (Lipinski definition) is 4. The van der Waals surface area contributed by atoms with Gasteiger partial charge < -0.3 is 25.2 Å². The van der Waals surface area contributed by atoms with Gasteiger partial charge in [0.2, 0.25) is 0 Å². The standard InChI is InChI=1S/C17H19BClN3O3/c1-18(24)22-9-8-12-13(4-3-5-15(12)22)20-17(23)21-14-10-11(19)6-7-16(14)25-2/h3-7,10,24H,8-9H2,1-2H3,(H2,20,21,23). The molecule has 0 spiro atoms. The summed E-state index contributed by atoms with van der Waals surface area (Å²) < 4.78 is 5.23. The van der Waals surface area contributed by atoms with Crippen molar-refractivity contribution < 1.29 is 14.6 Å². The van der Waals surface area contributed by atoms with Crippen molar-refractivity contribution in [3.05, 3.63) is 47.0 Å². The summed E-state index contributed by atoms with van der Waals surface area (Å²) in [7, 11) is 0.960. The van der Waals surface area contributed by atoms with Gasteiger partial charge in [0.1, 0.15) is 5.75 Å². The molecule has 130 valence electrons. The summed E-state index contributed by atoms with van der Waals surface area (Å²) >= 11 is 5.98. The van der Waals surface area contributed by atoms with Gasteiger partial charge in [0.05, 0.1) is 12.8 Å². The lowest BCUT2D eigenvalue weighted by Gasteiger charge is -2.20. The quantitative estimate of drug-likeness (QED) is 0.731. The third-order valence-electron chi connectivity index (χ3n) is 4.17. The van der Waals surface area contributed by atoms with Crippen molar-refractivity contribution in [1.82, 2.24) is 0 Å². The predicted molar refractivity (Wildman–Crippen MR) is 102 cm³/mol. The van der Waals surface area contributed by atoms with Crippen LogP contribution in [0.1, 0.15) is 5.56 Å². The average Bonchev–Trinajstić information content (AvgIpc) is 3.00. The van der Waals surface area contributed by atoms with Gasteiger partial charge in [-0.1, -0.05) is 17.7 Å². The van der Waals surface area contributed by atoms with Gasteiger partial charge in [-0.05, 0) is 49.1 Å². The molecule has 3 N–H and O–H groups in total. The molecular formula is C17H19BClN3O3. The van der Waals surface area contributed by atoms with Gasteiger partial charge in [-0.2, -0.15) is 0 Å². The second-order valence-corrected chi connectivity index (χ2v) is 6.24. The third kappa shape index (κ3) is 3.67. The van der Waals surface area contributed by atoms with E-state index in [4.69, 9.17) is 16.3 Å². The molecule has 0 saturated carbocycles. The second-order valence-electron chi connectivity index (χ2n) is 5.80. The third-order valence-corrected chi connectivity index (χ3v) is 4.41. The fraction of sp³-hybridized carbons (Fsp3) is 0.235. The Morgan fingerprint density at radius 1 is 1.28 bits per heavy atom. The summed E-state index contributed by atoms with van der Waals surface area (Å²) in [5.74, 6) is 0.526. The number of nitrogens with zero attached hydrogens (tertiary/aromatic N) is 1. The largest absolute Gasteiger partial charge is 0.495 e. The minimum Gasteiger partial charge on any atom is -0.495 e. The number of urea groups is 1. The zero-order chi connectivity index (χ0) is 18.0. The predicted octanol–water partition coefficient (Wildman–Crippen LogP) is 3.47. The van der Waals surface area contributed by atoms with Crippen molar-refractivity contribution in [2.24, 2.45) is 0 Å². The molecule has 3 rings (SSSR count). The first-order chi connectivity index (χ1) is 12.0. The Labute approximate surface area is 151 Å².